The first kappa shape index (κ1) is 39.0. The normalized spacial score (nSPS) is 13.2. The predicted octanol–water partition coefficient (Wildman–Crippen LogP) is 4.85. The van der Waals surface area contributed by atoms with Crippen LogP contribution in [0.3, 0.4) is 0 Å². The SMILES string of the molecule is COc1ccc(-c2cnc(C(=O)Nc3ccc(C(=O)N4CCN(C(=O)CCCNCCCNC(=O)OC(C)(C)C)CC4)c(Cl)c3)n2C)c(F)c1F. The summed E-state index contributed by atoms with van der Waals surface area (Å²) in [6, 6.07) is 7.11. The fourth-order valence-electron chi connectivity index (χ4n) is 5.41. The first-order valence-electron chi connectivity index (χ1n) is 16.6. The van der Waals surface area contributed by atoms with Crippen molar-refractivity contribution in [3.8, 4) is 17.0 Å². The van der Waals surface area contributed by atoms with Gasteiger partial charge in [0, 0.05) is 57.4 Å². The molecule has 0 bridgehead atoms. The number of piperazine rings is 1. The molecule has 2 heterocycles. The summed E-state index contributed by atoms with van der Waals surface area (Å²) in [5.74, 6) is -3.49. The smallest absolute Gasteiger partial charge is 0.407 e. The Hall–Kier alpha value is -4.76. The molecule has 0 aliphatic carbocycles. The average Bonchev–Trinajstić information content (AvgIpc) is 3.46. The second kappa shape index (κ2) is 17.4. The molecule has 0 unspecified atom stereocenters. The number of alkyl carbamates (subject to hydrolysis) is 1. The number of nitrogens with zero attached hydrogens (tertiary/aromatic N) is 4. The number of halogens is 3. The lowest BCUT2D eigenvalue weighted by Crippen LogP contribution is -2.50. The maximum Gasteiger partial charge on any atom is 0.407 e. The molecule has 1 fully saturated rings. The van der Waals surface area contributed by atoms with Crippen LogP contribution in [0.2, 0.25) is 5.02 Å². The number of ether oxygens (including phenoxy) is 2. The van der Waals surface area contributed by atoms with Crippen LogP contribution in [0.5, 0.6) is 5.75 Å². The third kappa shape index (κ3) is 10.4. The zero-order valence-corrected chi connectivity index (χ0v) is 30.2. The molecule has 4 amide bonds. The summed E-state index contributed by atoms with van der Waals surface area (Å²) in [5, 5.41) is 8.77. The highest BCUT2D eigenvalue weighted by Crippen LogP contribution is 2.30. The van der Waals surface area contributed by atoms with Gasteiger partial charge in [-0.3, -0.25) is 14.4 Å². The summed E-state index contributed by atoms with van der Waals surface area (Å²) in [6.45, 7) is 8.78. The van der Waals surface area contributed by atoms with E-state index in [4.69, 9.17) is 21.1 Å². The molecule has 3 aromatic rings. The lowest BCUT2D eigenvalue weighted by molar-refractivity contribution is -0.132. The summed E-state index contributed by atoms with van der Waals surface area (Å²) >= 11 is 6.47. The maximum atomic E-state index is 14.7. The molecule has 276 valence electrons. The molecule has 4 rings (SSSR count). The molecule has 1 aliphatic heterocycles. The maximum absolute atomic E-state index is 14.7. The molecular formula is C35H44ClF2N7O6. The molecule has 1 saturated heterocycles. The Bertz CT molecular complexity index is 1740. The fraction of sp³-hybridized carbons (Fsp3) is 0.457. The van der Waals surface area contributed by atoms with Crippen LogP contribution in [0, 0.1) is 11.6 Å². The Labute approximate surface area is 300 Å². The zero-order valence-electron chi connectivity index (χ0n) is 29.4. The van der Waals surface area contributed by atoms with Crippen molar-refractivity contribution in [1.82, 2.24) is 30.0 Å². The molecule has 51 heavy (non-hydrogen) atoms. The summed E-state index contributed by atoms with van der Waals surface area (Å²) in [6.07, 6.45) is 2.60. The number of amides is 4. The van der Waals surface area contributed by atoms with Crippen molar-refractivity contribution in [2.75, 3.05) is 58.2 Å². The average molecular weight is 732 g/mol. The number of carbonyl (C=O) groups excluding carboxylic acids is 4. The summed E-state index contributed by atoms with van der Waals surface area (Å²) in [4.78, 5) is 58.2. The van der Waals surface area contributed by atoms with Crippen LogP contribution in [0.1, 0.15) is 61.0 Å². The van der Waals surface area contributed by atoms with Crippen molar-refractivity contribution in [3.05, 3.63) is 64.6 Å². The van der Waals surface area contributed by atoms with Crippen molar-refractivity contribution in [2.24, 2.45) is 7.05 Å². The number of methoxy groups -OCH3 is 1. The number of nitrogens with one attached hydrogen (secondary N) is 3. The van der Waals surface area contributed by atoms with Crippen LogP contribution < -0.4 is 20.7 Å². The number of imidazole rings is 1. The van der Waals surface area contributed by atoms with Gasteiger partial charge in [-0.15, -0.1) is 0 Å². The van der Waals surface area contributed by atoms with Crippen LogP contribution in [0.15, 0.2) is 36.5 Å². The van der Waals surface area contributed by atoms with Gasteiger partial charge in [-0.2, -0.15) is 4.39 Å². The Kier molecular flexibility index (Phi) is 13.4. The third-order valence-electron chi connectivity index (χ3n) is 8.05. The van der Waals surface area contributed by atoms with E-state index in [1.807, 2.05) is 20.8 Å². The first-order valence-corrected chi connectivity index (χ1v) is 17.0. The lowest BCUT2D eigenvalue weighted by atomic mass is 10.1. The molecule has 13 nitrogen and oxygen atoms in total. The van der Waals surface area contributed by atoms with Gasteiger partial charge in [0.1, 0.15) is 5.60 Å². The summed E-state index contributed by atoms with van der Waals surface area (Å²) in [7, 11) is 2.73. The highest BCUT2D eigenvalue weighted by atomic mass is 35.5. The van der Waals surface area contributed by atoms with Crippen LogP contribution in [0.25, 0.3) is 11.3 Å². The van der Waals surface area contributed by atoms with E-state index in [-0.39, 0.29) is 45.2 Å². The lowest BCUT2D eigenvalue weighted by Gasteiger charge is -2.35. The minimum atomic E-state index is -1.15. The van der Waals surface area contributed by atoms with Gasteiger partial charge in [0.2, 0.25) is 11.7 Å². The van der Waals surface area contributed by atoms with Crippen molar-refractivity contribution in [2.45, 2.75) is 45.6 Å². The standard InChI is InChI=1S/C35H44ClF2N7O6/c1-35(2,3)51-34(49)40-15-7-14-39-13-6-8-28(46)44-16-18-45(19-17-44)33(48)23-10-9-22(20-25(23)36)42-32(47)31-41-21-26(43(31)4)24-11-12-27(50-5)30(38)29(24)37/h9-12,20-21,39H,6-8,13-19H2,1-5H3,(H,40,49)(H,42,47). The van der Waals surface area contributed by atoms with E-state index in [0.29, 0.717) is 64.3 Å². The van der Waals surface area contributed by atoms with Crippen LogP contribution in [-0.4, -0.2) is 102 Å². The number of hydrogen-bond donors (Lipinski definition) is 3. The van der Waals surface area contributed by atoms with Gasteiger partial charge >= 0.3 is 6.09 Å². The number of anilines is 1. The van der Waals surface area contributed by atoms with E-state index in [2.05, 4.69) is 20.9 Å². The molecule has 1 aliphatic rings. The van der Waals surface area contributed by atoms with Gasteiger partial charge in [-0.05, 0) is 77.0 Å². The van der Waals surface area contributed by atoms with Gasteiger partial charge in [0.25, 0.3) is 11.8 Å². The van der Waals surface area contributed by atoms with E-state index in [0.717, 1.165) is 6.42 Å². The van der Waals surface area contributed by atoms with Gasteiger partial charge in [-0.1, -0.05) is 11.6 Å². The van der Waals surface area contributed by atoms with Crippen LogP contribution >= 0.6 is 11.6 Å². The third-order valence-corrected chi connectivity index (χ3v) is 8.37. The highest BCUT2D eigenvalue weighted by molar-refractivity contribution is 6.34. The second-order valence-corrected chi connectivity index (χ2v) is 13.3. The van der Waals surface area contributed by atoms with Gasteiger partial charge < -0.3 is 39.8 Å². The largest absolute Gasteiger partial charge is 0.494 e. The van der Waals surface area contributed by atoms with Crippen molar-refractivity contribution < 1.29 is 37.4 Å². The van der Waals surface area contributed by atoms with Crippen LogP contribution in [0.4, 0.5) is 19.3 Å². The number of carbonyl (C=O) groups is 4. The van der Waals surface area contributed by atoms with E-state index in [9.17, 15) is 28.0 Å². The van der Waals surface area contributed by atoms with Crippen molar-refractivity contribution in [1.29, 1.82) is 0 Å². The minimum absolute atomic E-state index is 0.0229. The van der Waals surface area contributed by atoms with Gasteiger partial charge in [0.15, 0.2) is 17.4 Å². The molecule has 0 atom stereocenters. The molecule has 2 aromatic carbocycles. The Morgan fingerprint density at radius 3 is 2.29 bits per heavy atom. The topological polar surface area (TPSA) is 147 Å². The van der Waals surface area contributed by atoms with Crippen molar-refractivity contribution >= 4 is 41.1 Å². The fourth-order valence-corrected chi connectivity index (χ4v) is 5.67. The predicted molar refractivity (Wildman–Crippen MR) is 188 cm³/mol. The minimum Gasteiger partial charge on any atom is -0.494 e. The molecule has 3 N–H and O–H groups in total. The van der Waals surface area contributed by atoms with Crippen molar-refractivity contribution in [3.63, 3.8) is 0 Å². The number of benzene rings is 2. The highest BCUT2D eigenvalue weighted by Gasteiger charge is 2.27. The molecule has 0 spiro atoms. The molecule has 0 radical (unpaired) electrons. The number of rotatable bonds is 13. The number of aromatic nitrogens is 2. The summed E-state index contributed by atoms with van der Waals surface area (Å²) in [5.41, 5.74) is 0.0971. The zero-order chi connectivity index (χ0) is 37.3. The van der Waals surface area contributed by atoms with E-state index in [1.54, 1.807) is 9.80 Å². The molecule has 16 heteroatoms. The molecule has 1 aromatic heterocycles. The van der Waals surface area contributed by atoms with E-state index < -0.39 is 29.2 Å². The quantitative estimate of drug-likeness (QED) is 0.212. The Morgan fingerprint density at radius 1 is 0.941 bits per heavy atom. The first-order chi connectivity index (χ1) is 24.2. The monoisotopic (exact) mass is 731 g/mol. The Morgan fingerprint density at radius 2 is 1.63 bits per heavy atom. The number of hydrogen-bond acceptors (Lipinski definition) is 8. The van der Waals surface area contributed by atoms with Crippen LogP contribution in [-0.2, 0) is 16.6 Å². The summed E-state index contributed by atoms with van der Waals surface area (Å²) < 4.78 is 40.3. The van der Waals surface area contributed by atoms with Gasteiger partial charge in [-0.25, -0.2) is 14.2 Å². The van der Waals surface area contributed by atoms with E-state index >= 15 is 0 Å². The Balaban J connectivity index is 1.20. The van der Waals surface area contributed by atoms with E-state index in [1.165, 1.54) is 55.3 Å². The second-order valence-electron chi connectivity index (χ2n) is 12.9. The molecule has 0 saturated carbocycles. The molecular weight excluding hydrogens is 688 g/mol. The van der Waals surface area contributed by atoms with Gasteiger partial charge in [0.05, 0.1) is 29.6 Å².